The van der Waals surface area contributed by atoms with Crippen LogP contribution in [0.2, 0.25) is 0 Å². The van der Waals surface area contributed by atoms with E-state index >= 15 is 4.39 Å². The predicted molar refractivity (Wildman–Crippen MR) is 148 cm³/mol. The SMILES string of the molecule is CCN1CCC(COc2ccc(Nc3cc(-c4cc(F)c5nc6n(c5c4)C(C)(C)CC6)c(F)cn3)nc2)CC1. The maximum atomic E-state index is 15.1. The van der Waals surface area contributed by atoms with Crippen LogP contribution in [-0.2, 0) is 12.0 Å². The van der Waals surface area contributed by atoms with Crippen molar-refractivity contribution in [1.82, 2.24) is 24.4 Å². The molecule has 39 heavy (non-hydrogen) atoms. The number of hydrogen-bond donors (Lipinski definition) is 1. The van der Waals surface area contributed by atoms with Gasteiger partial charge in [-0.3, -0.25) is 0 Å². The van der Waals surface area contributed by atoms with E-state index in [9.17, 15) is 4.39 Å². The van der Waals surface area contributed by atoms with E-state index in [2.05, 4.69) is 50.5 Å². The van der Waals surface area contributed by atoms with Crippen molar-refractivity contribution in [1.29, 1.82) is 0 Å². The fourth-order valence-corrected chi connectivity index (χ4v) is 5.79. The number of ether oxygens (including phenoxy) is 1. The molecular formula is C30H34F2N6O. The first-order chi connectivity index (χ1) is 18.8. The molecule has 2 aliphatic rings. The van der Waals surface area contributed by atoms with E-state index in [-0.39, 0.29) is 11.1 Å². The second kappa shape index (κ2) is 10.2. The minimum Gasteiger partial charge on any atom is -0.492 e. The molecule has 4 aromatic rings. The molecule has 2 aliphatic heterocycles. The van der Waals surface area contributed by atoms with Crippen LogP contribution < -0.4 is 10.1 Å². The largest absolute Gasteiger partial charge is 0.492 e. The summed E-state index contributed by atoms with van der Waals surface area (Å²) in [6, 6.07) is 8.42. The van der Waals surface area contributed by atoms with Gasteiger partial charge in [0.25, 0.3) is 0 Å². The molecule has 7 nitrogen and oxygen atoms in total. The highest BCUT2D eigenvalue weighted by Crippen LogP contribution is 2.38. The smallest absolute Gasteiger partial charge is 0.151 e. The standard InChI is InChI=1S/C30H34F2N6O/c1-4-37-11-8-19(9-12-37)18-39-21-5-6-26(33-16-21)35-27-15-22(24(32)17-34-27)20-13-23(31)29-25(14-20)38-28(36-29)7-10-30(38,2)3/h5-6,13-17,19H,4,7-12,18H2,1-3H3,(H,33,34,35). The van der Waals surface area contributed by atoms with Crippen LogP contribution >= 0.6 is 0 Å². The molecule has 3 aromatic heterocycles. The van der Waals surface area contributed by atoms with E-state index in [1.54, 1.807) is 12.3 Å². The number of fused-ring (bicyclic) bond motifs is 3. The van der Waals surface area contributed by atoms with E-state index in [0.717, 1.165) is 57.3 Å². The molecule has 0 unspecified atom stereocenters. The van der Waals surface area contributed by atoms with Crippen molar-refractivity contribution in [3.63, 3.8) is 0 Å². The number of rotatable bonds is 7. The summed E-state index contributed by atoms with van der Waals surface area (Å²) in [6.45, 7) is 10.5. The normalized spacial score (nSPS) is 17.5. The van der Waals surface area contributed by atoms with E-state index in [0.29, 0.717) is 46.5 Å². The Kier molecular flexibility index (Phi) is 6.71. The van der Waals surface area contributed by atoms with Crippen LogP contribution in [0.3, 0.4) is 0 Å². The van der Waals surface area contributed by atoms with Gasteiger partial charge in [-0.15, -0.1) is 0 Å². The Balaban J connectivity index is 1.18. The number of piperidine rings is 1. The molecule has 0 bridgehead atoms. The van der Waals surface area contributed by atoms with Crippen LogP contribution in [-0.4, -0.2) is 50.7 Å². The van der Waals surface area contributed by atoms with Gasteiger partial charge in [0, 0.05) is 17.5 Å². The molecule has 1 aromatic carbocycles. The first-order valence-corrected chi connectivity index (χ1v) is 13.8. The molecule has 204 valence electrons. The zero-order valence-electron chi connectivity index (χ0n) is 22.7. The number of nitrogens with zero attached hydrogens (tertiary/aromatic N) is 5. The Morgan fingerprint density at radius 3 is 2.56 bits per heavy atom. The zero-order chi connectivity index (χ0) is 27.1. The Morgan fingerprint density at radius 2 is 1.82 bits per heavy atom. The molecule has 5 heterocycles. The highest BCUT2D eigenvalue weighted by Gasteiger charge is 2.33. The molecule has 0 radical (unpaired) electrons. The lowest BCUT2D eigenvalue weighted by Crippen LogP contribution is -2.35. The van der Waals surface area contributed by atoms with Crippen molar-refractivity contribution in [3.05, 3.63) is 60.2 Å². The number of halogens is 2. The average Bonchev–Trinajstić information content (AvgIpc) is 3.47. The molecule has 1 saturated heterocycles. The predicted octanol–water partition coefficient (Wildman–Crippen LogP) is 6.31. The number of hydrogen-bond acceptors (Lipinski definition) is 6. The molecule has 9 heteroatoms. The summed E-state index contributed by atoms with van der Waals surface area (Å²) >= 11 is 0. The third-order valence-electron chi connectivity index (χ3n) is 8.15. The van der Waals surface area contributed by atoms with Crippen molar-refractivity contribution in [2.75, 3.05) is 31.6 Å². The van der Waals surface area contributed by atoms with Crippen LogP contribution in [0, 0.1) is 17.6 Å². The lowest BCUT2D eigenvalue weighted by Gasteiger charge is -2.30. The van der Waals surface area contributed by atoms with Gasteiger partial charge in [0.1, 0.15) is 34.5 Å². The van der Waals surface area contributed by atoms with E-state index in [1.165, 1.54) is 6.07 Å². The van der Waals surface area contributed by atoms with Crippen molar-refractivity contribution < 1.29 is 13.5 Å². The lowest BCUT2D eigenvalue weighted by molar-refractivity contribution is 0.145. The van der Waals surface area contributed by atoms with Crippen molar-refractivity contribution >= 4 is 22.7 Å². The molecule has 0 atom stereocenters. The van der Waals surface area contributed by atoms with Gasteiger partial charge in [0.2, 0.25) is 0 Å². The summed E-state index contributed by atoms with van der Waals surface area (Å²) in [5.74, 6) is 2.12. The highest BCUT2D eigenvalue weighted by atomic mass is 19.1. The van der Waals surface area contributed by atoms with Crippen LogP contribution in [0.1, 0.15) is 45.9 Å². The van der Waals surface area contributed by atoms with Crippen LogP contribution in [0.15, 0.2) is 42.7 Å². The topological polar surface area (TPSA) is 68.1 Å². The lowest BCUT2D eigenvalue weighted by atomic mass is 9.98. The number of anilines is 2. The third kappa shape index (κ3) is 5.07. The van der Waals surface area contributed by atoms with Crippen molar-refractivity contribution in [3.8, 4) is 16.9 Å². The first-order valence-electron chi connectivity index (χ1n) is 13.8. The van der Waals surface area contributed by atoms with Gasteiger partial charge in [-0.05, 0) is 94.6 Å². The highest BCUT2D eigenvalue weighted by molar-refractivity contribution is 5.84. The molecule has 1 N–H and O–H groups in total. The molecule has 6 rings (SSSR count). The number of pyridine rings is 2. The minimum atomic E-state index is -0.527. The second-order valence-electron chi connectivity index (χ2n) is 11.2. The van der Waals surface area contributed by atoms with Crippen LogP contribution in [0.4, 0.5) is 20.4 Å². The number of aryl methyl sites for hydroxylation is 1. The van der Waals surface area contributed by atoms with Gasteiger partial charge in [-0.1, -0.05) is 6.92 Å². The summed E-state index contributed by atoms with van der Waals surface area (Å²) in [4.78, 5) is 15.6. The molecular weight excluding hydrogens is 498 g/mol. The Labute approximate surface area is 227 Å². The molecule has 0 spiro atoms. The zero-order valence-corrected chi connectivity index (χ0v) is 22.7. The third-order valence-corrected chi connectivity index (χ3v) is 8.15. The first kappa shape index (κ1) is 25.7. The van der Waals surface area contributed by atoms with Gasteiger partial charge < -0.3 is 19.5 Å². The Bertz CT molecular complexity index is 1490. The maximum absolute atomic E-state index is 15.1. The summed E-state index contributed by atoms with van der Waals surface area (Å²) < 4.78 is 38.1. The van der Waals surface area contributed by atoms with Gasteiger partial charge >= 0.3 is 0 Å². The number of imidazole rings is 1. The van der Waals surface area contributed by atoms with E-state index in [4.69, 9.17) is 4.74 Å². The summed E-state index contributed by atoms with van der Waals surface area (Å²) in [5.41, 5.74) is 1.53. The molecule has 1 fully saturated rings. The fraction of sp³-hybridized carbons (Fsp3) is 0.433. The Morgan fingerprint density at radius 1 is 1.03 bits per heavy atom. The summed E-state index contributed by atoms with van der Waals surface area (Å²) in [6.07, 6.45) is 6.85. The number of likely N-dealkylation sites (tertiary alicyclic amines) is 1. The molecule has 0 aliphatic carbocycles. The average molecular weight is 533 g/mol. The van der Waals surface area contributed by atoms with Gasteiger partial charge in [-0.2, -0.15) is 0 Å². The quantitative estimate of drug-likeness (QED) is 0.301. The molecule has 0 amide bonds. The Hall–Kier alpha value is -3.59. The van der Waals surface area contributed by atoms with E-state index < -0.39 is 11.6 Å². The van der Waals surface area contributed by atoms with Crippen molar-refractivity contribution in [2.45, 2.75) is 52.0 Å². The van der Waals surface area contributed by atoms with Gasteiger partial charge in [-0.25, -0.2) is 23.7 Å². The fourth-order valence-electron chi connectivity index (χ4n) is 5.79. The van der Waals surface area contributed by atoms with Crippen LogP contribution in [0.5, 0.6) is 5.75 Å². The maximum Gasteiger partial charge on any atom is 0.151 e. The number of benzene rings is 1. The summed E-state index contributed by atoms with van der Waals surface area (Å²) in [7, 11) is 0. The number of nitrogens with one attached hydrogen (secondary N) is 1. The second-order valence-corrected chi connectivity index (χ2v) is 11.2. The van der Waals surface area contributed by atoms with Gasteiger partial charge in [0.05, 0.1) is 24.5 Å². The molecule has 0 saturated carbocycles. The number of aromatic nitrogens is 4. The van der Waals surface area contributed by atoms with Gasteiger partial charge in [0.15, 0.2) is 5.82 Å². The van der Waals surface area contributed by atoms with Crippen LogP contribution in [0.25, 0.3) is 22.2 Å². The monoisotopic (exact) mass is 532 g/mol. The minimum absolute atomic E-state index is 0.174. The van der Waals surface area contributed by atoms with E-state index in [1.807, 2.05) is 18.2 Å². The van der Waals surface area contributed by atoms with Crippen molar-refractivity contribution in [2.24, 2.45) is 5.92 Å². The summed E-state index contributed by atoms with van der Waals surface area (Å²) in [5, 5.41) is 3.13.